The molecule has 0 saturated heterocycles. The molecule has 100 valence electrons. The fourth-order valence-corrected chi connectivity index (χ4v) is 2.94. The third-order valence-corrected chi connectivity index (χ3v) is 3.81. The van der Waals surface area contributed by atoms with Crippen LogP contribution >= 0.6 is 11.3 Å². The number of fused-ring (bicyclic) bond motifs is 1. The molecule has 0 aliphatic rings. The first-order chi connectivity index (χ1) is 9.06. The van der Waals surface area contributed by atoms with Crippen molar-refractivity contribution in [3.63, 3.8) is 0 Å². The molecule has 0 saturated carbocycles. The van der Waals surface area contributed by atoms with E-state index in [-0.39, 0.29) is 24.8 Å². The van der Waals surface area contributed by atoms with Crippen LogP contribution in [0.3, 0.4) is 0 Å². The Bertz CT molecular complexity index is 606. The smallest absolute Gasteiger partial charge is 0.305 e. The van der Waals surface area contributed by atoms with Gasteiger partial charge in [0.25, 0.3) is 0 Å². The molecule has 2 aromatic rings. The average Bonchev–Trinajstić information content (AvgIpc) is 2.71. The van der Waals surface area contributed by atoms with E-state index < -0.39 is 5.97 Å². The number of rotatable bonds is 5. The monoisotopic (exact) mass is 277 g/mol. The maximum Gasteiger partial charge on any atom is 0.305 e. The van der Waals surface area contributed by atoms with Gasteiger partial charge in [-0.15, -0.1) is 11.3 Å². The number of amides is 1. The number of thiophene rings is 1. The van der Waals surface area contributed by atoms with E-state index in [0.29, 0.717) is 0 Å². The number of hydrogen-bond donors (Lipinski definition) is 2. The second kappa shape index (κ2) is 5.84. The Balaban J connectivity index is 2.01. The van der Waals surface area contributed by atoms with Crippen LogP contribution in [-0.4, -0.2) is 23.0 Å². The molecule has 1 aromatic heterocycles. The van der Waals surface area contributed by atoms with E-state index in [2.05, 4.69) is 5.32 Å². The van der Waals surface area contributed by atoms with Gasteiger partial charge < -0.3 is 10.4 Å². The van der Waals surface area contributed by atoms with Gasteiger partial charge in [0.15, 0.2) is 0 Å². The second-order valence-electron chi connectivity index (χ2n) is 4.50. The molecule has 1 amide bonds. The largest absolute Gasteiger partial charge is 0.481 e. The molecule has 0 aliphatic carbocycles. The number of aliphatic carboxylic acids is 1. The van der Waals surface area contributed by atoms with Crippen LogP contribution in [0.1, 0.15) is 18.9 Å². The molecule has 5 heteroatoms. The van der Waals surface area contributed by atoms with Crippen molar-refractivity contribution < 1.29 is 14.7 Å². The highest BCUT2D eigenvalue weighted by Crippen LogP contribution is 2.25. The fourth-order valence-electron chi connectivity index (χ4n) is 1.98. The van der Waals surface area contributed by atoms with Gasteiger partial charge >= 0.3 is 5.97 Å². The molecule has 0 radical (unpaired) electrons. The minimum atomic E-state index is -0.909. The SMILES string of the molecule is CC(CC(=O)O)NC(=O)Cc1csc2ccccc12. The Morgan fingerprint density at radius 3 is 2.84 bits per heavy atom. The lowest BCUT2D eigenvalue weighted by molar-refractivity contribution is -0.137. The molecule has 1 unspecified atom stereocenters. The summed E-state index contributed by atoms with van der Waals surface area (Å²) in [7, 11) is 0. The van der Waals surface area contributed by atoms with Crippen molar-refractivity contribution >= 4 is 33.3 Å². The van der Waals surface area contributed by atoms with E-state index in [9.17, 15) is 9.59 Å². The summed E-state index contributed by atoms with van der Waals surface area (Å²) >= 11 is 1.61. The minimum Gasteiger partial charge on any atom is -0.481 e. The number of carbonyl (C=O) groups is 2. The summed E-state index contributed by atoms with van der Waals surface area (Å²) in [5.74, 6) is -1.05. The van der Waals surface area contributed by atoms with Crippen molar-refractivity contribution in [1.29, 1.82) is 0 Å². The zero-order chi connectivity index (χ0) is 13.8. The Labute approximate surface area is 115 Å². The van der Waals surface area contributed by atoms with E-state index in [4.69, 9.17) is 5.11 Å². The van der Waals surface area contributed by atoms with Gasteiger partial charge in [-0.05, 0) is 29.3 Å². The maximum absolute atomic E-state index is 11.8. The lowest BCUT2D eigenvalue weighted by Crippen LogP contribution is -2.35. The predicted octanol–water partition coefficient (Wildman–Crippen LogP) is 2.42. The molecule has 0 spiro atoms. The molecule has 2 rings (SSSR count). The third-order valence-electron chi connectivity index (χ3n) is 2.80. The molecule has 1 heterocycles. The number of carboxylic acid groups (broad SMARTS) is 1. The normalized spacial score (nSPS) is 12.3. The van der Waals surface area contributed by atoms with Crippen molar-refractivity contribution in [3.05, 3.63) is 35.2 Å². The summed E-state index contributed by atoms with van der Waals surface area (Å²) < 4.78 is 1.16. The third kappa shape index (κ3) is 3.54. The molecule has 1 aromatic carbocycles. The van der Waals surface area contributed by atoms with Gasteiger partial charge in [-0.2, -0.15) is 0 Å². The van der Waals surface area contributed by atoms with Crippen LogP contribution in [0, 0.1) is 0 Å². The van der Waals surface area contributed by atoms with Crippen LogP contribution in [0.25, 0.3) is 10.1 Å². The van der Waals surface area contributed by atoms with Gasteiger partial charge in [-0.3, -0.25) is 9.59 Å². The van der Waals surface area contributed by atoms with Gasteiger partial charge in [0.1, 0.15) is 0 Å². The molecular weight excluding hydrogens is 262 g/mol. The summed E-state index contributed by atoms with van der Waals surface area (Å²) in [6.45, 7) is 1.69. The quantitative estimate of drug-likeness (QED) is 0.882. The number of nitrogens with one attached hydrogen (secondary N) is 1. The topological polar surface area (TPSA) is 66.4 Å². The maximum atomic E-state index is 11.8. The molecule has 2 N–H and O–H groups in total. The Kier molecular flexibility index (Phi) is 4.16. The first-order valence-electron chi connectivity index (χ1n) is 6.02. The zero-order valence-electron chi connectivity index (χ0n) is 10.6. The van der Waals surface area contributed by atoms with Gasteiger partial charge in [0.05, 0.1) is 12.8 Å². The Morgan fingerprint density at radius 2 is 2.11 bits per heavy atom. The van der Waals surface area contributed by atoms with Crippen LogP contribution in [0.4, 0.5) is 0 Å². The molecular formula is C14H15NO3S. The van der Waals surface area contributed by atoms with E-state index in [1.54, 1.807) is 18.3 Å². The highest BCUT2D eigenvalue weighted by molar-refractivity contribution is 7.17. The standard InChI is InChI=1S/C14H15NO3S/c1-9(6-14(17)18)15-13(16)7-10-8-19-12-5-3-2-4-11(10)12/h2-5,8-9H,6-7H2,1H3,(H,15,16)(H,17,18). The first-order valence-corrected chi connectivity index (χ1v) is 6.90. The molecule has 1 atom stereocenters. The highest BCUT2D eigenvalue weighted by atomic mass is 32.1. The number of hydrogen-bond acceptors (Lipinski definition) is 3. The van der Waals surface area contributed by atoms with Crippen molar-refractivity contribution in [2.45, 2.75) is 25.8 Å². The molecule has 0 bridgehead atoms. The zero-order valence-corrected chi connectivity index (χ0v) is 11.4. The number of carboxylic acids is 1. The Morgan fingerprint density at radius 1 is 1.37 bits per heavy atom. The van der Waals surface area contributed by atoms with Crippen LogP contribution in [0.15, 0.2) is 29.6 Å². The lowest BCUT2D eigenvalue weighted by atomic mass is 10.1. The minimum absolute atomic E-state index is 0.0594. The highest BCUT2D eigenvalue weighted by Gasteiger charge is 2.13. The Hall–Kier alpha value is -1.88. The number of carbonyl (C=O) groups excluding carboxylic acids is 1. The fraction of sp³-hybridized carbons (Fsp3) is 0.286. The predicted molar refractivity (Wildman–Crippen MR) is 75.4 cm³/mol. The summed E-state index contributed by atoms with van der Waals surface area (Å²) in [6, 6.07) is 7.58. The average molecular weight is 277 g/mol. The van der Waals surface area contributed by atoms with E-state index in [0.717, 1.165) is 15.6 Å². The summed E-state index contributed by atoms with van der Waals surface area (Å²) in [6.07, 6.45) is 0.226. The summed E-state index contributed by atoms with van der Waals surface area (Å²) in [4.78, 5) is 22.4. The van der Waals surface area contributed by atoms with Gasteiger partial charge in [-0.1, -0.05) is 18.2 Å². The number of benzene rings is 1. The lowest BCUT2D eigenvalue weighted by Gasteiger charge is -2.11. The second-order valence-corrected chi connectivity index (χ2v) is 5.41. The van der Waals surface area contributed by atoms with E-state index in [1.165, 1.54) is 0 Å². The van der Waals surface area contributed by atoms with Crippen molar-refractivity contribution in [3.8, 4) is 0 Å². The molecule has 0 aliphatic heterocycles. The molecule has 19 heavy (non-hydrogen) atoms. The van der Waals surface area contributed by atoms with E-state index in [1.807, 2.05) is 29.6 Å². The summed E-state index contributed by atoms with van der Waals surface area (Å²) in [5, 5.41) is 14.4. The van der Waals surface area contributed by atoms with Crippen molar-refractivity contribution in [2.75, 3.05) is 0 Å². The first kappa shape index (κ1) is 13.5. The van der Waals surface area contributed by atoms with Gasteiger partial charge in [0.2, 0.25) is 5.91 Å². The molecule has 0 fully saturated rings. The van der Waals surface area contributed by atoms with Crippen LogP contribution in [0.5, 0.6) is 0 Å². The molecule has 4 nitrogen and oxygen atoms in total. The van der Waals surface area contributed by atoms with Gasteiger partial charge in [-0.25, -0.2) is 0 Å². The van der Waals surface area contributed by atoms with Crippen LogP contribution < -0.4 is 5.32 Å². The van der Waals surface area contributed by atoms with Crippen molar-refractivity contribution in [1.82, 2.24) is 5.32 Å². The van der Waals surface area contributed by atoms with Crippen LogP contribution in [-0.2, 0) is 16.0 Å². The van der Waals surface area contributed by atoms with Crippen molar-refractivity contribution in [2.24, 2.45) is 0 Å². The van der Waals surface area contributed by atoms with Gasteiger partial charge in [0, 0.05) is 10.7 Å². The summed E-state index contributed by atoms with van der Waals surface area (Å²) in [5.41, 5.74) is 0.987. The van der Waals surface area contributed by atoms with E-state index >= 15 is 0 Å². The van der Waals surface area contributed by atoms with Crippen LogP contribution in [0.2, 0.25) is 0 Å².